The number of amides is 1. The zero-order valence-electron chi connectivity index (χ0n) is 16.8. The molecular weight excluding hydrogens is 358 g/mol. The topological polar surface area (TPSA) is 114 Å². The van der Waals surface area contributed by atoms with E-state index in [4.69, 9.17) is 5.73 Å². The highest BCUT2D eigenvalue weighted by Crippen LogP contribution is 2.24. The maximum Gasteiger partial charge on any atom is 0.329 e. The number of likely N-dealkylation sites (tertiary alicyclic amines) is 1. The zero-order valence-corrected chi connectivity index (χ0v) is 16.8. The first-order valence-electron chi connectivity index (χ1n) is 10.1. The van der Waals surface area contributed by atoms with Crippen LogP contribution in [0, 0.1) is 0 Å². The van der Waals surface area contributed by atoms with Crippen LogP contribution in [0.2, 0.25) is 0 Å². The average molecular weight is 387 g/mol. The summed E-state index contributed by atoms with van der Waals surface area (Å²) in [6.07, 6.45) is 3.52. The molecule has 28 heavy (non-hydrogen) atoms. The van der Waals surface area contributed by atoms with Gasteiger partial charge in [0.1, 0.15) is 0 Å². The Bertz CT molecular complexity index is 992. The molecule has 3 N–H and O–H groups in total. The third-order valence-corrected chi connectivity index (χ3v) is 5.40. The lowest BCUT2D eigenvalue weighted by Gasteiger charge is -2.35. The summed E-state index contributed by atoms with van der Waals surface area (Å²) in [5.41, 5.74) is 6.10. The molecule has 0 aromatic carbocycles. The summed E-state index contributed by atoms with van der Waals surface area (Å²) in [4.78, 5) is 47.2. The summed E-state index contributed by atoms with van der Waals surface area (Å²) in [6, 6.07) is 1.67. The first-order chi connectivity index (χ1) is 13.4. The molecule has 1 atom stereocenters. The number of piperidine rings is 1. The van der Waals surface area contributed by atoms with Crippen LogP contribution in [0.15, 0.2) is 15.7 Å². The van der Waals surface area contributed by atoms with Gasteiger partial charge in [0.05, 0.1) is 10.9 Å². The normalized spacial score (nSPS) is 17.5. The van der Waals surface area contributed by atoms with E-state index < -0.39 is 11.2 Å². The van der Waals surface area contributed by atoms with Crippen molar-refractivity contribution in [2.24, 2.45) is 5.73 Å². The molecule has 0 radical (unpaired) electrons. The molecule has 8 heteroatoms. The number of aryl methyl sites for hydroxylation is 1. The van der Waals surface area contributed by atoms with Crippen molar-refractivity contribution in [3.8, 4) is 0 Å². The summed E-state index contributed by atoms with van der Waals surface area (Å²) < 4.78 is 1.45. The van der Waals surface area contributed by atoms with Gasteiger partial charge in [-0.1, -0.05) is 20.8 Å². The van der Waals surface area contributed by atoms with Gasteiger partial charge >= 0.3 is 5.69 Å². The third kappa shape index (κ3) is 3.61. The van der Waals surface area contributed by atoms with Crippen molar-refractivity contribution in [3.63, 3.8) is 0 Å². The summed E-state index contributed by atoms with van der Waals surface area (Å²) in [7, 11) is 0. The maximum absolute atomic E-state index is 13.5. The second kappa shape index (κ2) is 8.26. The Hall–Kier alpha value is -2.48. The van der Waals surface area contributed by atoms with Gasteiger partial charge in [-0.05, 0) is 37.7 Å². The number of pyridine rings is 1. The SMILES string of the molecule is CCCn1c(=O)[nH]c(=O)c2c(C(=O)N3CCCCC3CN)cc(C(C)C)nc21. The zero-order chi connectivity index (χ0) is 20.4. The molecule has 1 amide bonds. The average Bonchev–Trinajstić information content (AvgIpc) is 2.69. The highest BCUT2D eigenvalue weighted by molar-refractivity contribution is 6.05. The molecule has 0 bridgehead atoms. The maximum atomic E-state index is 13.5. The van der Waals surface area contributed by atoms with E-state index in [1.54, 1.807) is 11.0 Å². The number of aromatic amines is 1. The minimum atomic E-state index is -0.570. The van der Waals surface area contributed by atoms with E-state index in [0.717, 1.165) is 19.3 Å². The molecule has 2 aromatic rings. The Morgan fingerprint density at radius 2 is 2.11 bits per heavy atom. The van der Waals surface area contributed by atoms with E-state index in [0.29, 0.717) is 37.3 Å². The van der Waals surface area contributed by atoms with Gasteiger partial charge in [-0.3, -0.25) is 19.1 Å². The summed E-state index contributed by atoms with van der Waals surface area (Å²) in [6.45, 7) is 7.32. The van der Waals surface area contributed by atoms with Crippen LogP contribution in [0.5, 0.6) is 0 Å². The number of hydrogen-bond donors (Lipinski definition) is 2. The number of carbonyl (C=O) groups is 1. The summed E-state index contributed by atoms with van der Waals surface area (Å²) in [5.74, 6) is -0.163. The van der Waals surface area contributed by atoms with Crippen molar-refractivity contribution in [1.82, 2.24) is 19.4 Å². The van der Waals surface area contributed by atoms with Gasteiger partial charge in [0, 0.05) is 31.4 Å². The molecule has 0 saturated carbocycles. The second-order valence-corrected chi connectivity index (χ2v) is 7.74. The number of hydrogen-bond acceptors (Lipinski definition) is 5. The quantitative estimate of drug-likeness (QED) is 0.808. The number of carbonyl (C=O) groups excluding carboxylic acids is 1. The highest BCUT2D eigenvalue weighted by Gasteiger charge is 2.29. The van der Waals surface area contributed by atoms with E-state index in [9.17, 15) is 14.4 Å². The van der Waals surface area contributed by atoms with Gasteiger partial charge in [-0.25, -0.2) is 9.78 Å². The van der Waals surface area contributed by atoms with Crippen LogP contribution in [0.25, 0.3) is 11.0 Å². The molecule has 1 saturated heterocycles. The Labute approximate surface area is 163 Å². The fraction of sp³-hybridized carbons (Fsp3) is 0.600. The van der Waals surface area contributed by atoms with Crippen molar-refractivity contribution in [2.45, 2.75) is 65.0 Å². The lowest BCUT2D eigenvalue weighted by Crippen LogP contribution is -2.47. The predicted molar refractivity (Wildman–Crippen MR) is 109 cm³/mol. The molecule has 3 heterocycles. The largest absolute Gasteiger partial charge is 0.334 e. The molecule has 2 aromatic heterocycles. The minimum absolute atomic E-state index is 0.0346. The summed E-state index contributed by atoms with van der Waals surface area (Å²) >= 11 is 0. The molecule has 8 nitrogen and oxygen atoms in total. The third-order valence-electron chi connectivity index (χ3n) is 5.40. The van der Waals surface area contributed by atoms with Gasteiger partial charge < -0.3 is 10.6 Å². The number of nitrogens with two attached hydrogens (primary N) is 1. The van der Waals surface area contributed by atoms with Gasteiger partial charge in [-0.2, -0.15) is 0 Å². The highest BCUT2D eigenvalue weighted by atomic mass is 16.2. The van der Waals surface area contributed by atoms with Gasteiger partial charge in [0.15, 0.2) is 5.65 Å². The fourth-order valence-electron chi connectivity index (χ4n) is 3.86. The fourth-order valence-corrected chi connectivity index (χ4v) is 3.86. The molecule has 1 aliphatic rings. The lowest BCUT2D eigenvalue weighted by atomic mass is 9.99. The van der Waals surface area contributed by atoms with E-state index in [-0.39, 0.29) is 28.9 Å². The first-order valence-corrected chi connectivity index (χ1v) is 10.1. The number of nitrogens with one attached hydrogen (secondary N) is 1. The Morgan fingerprint density at radius 3 is 2.75 bits per heavy atom. The standard InChI is InChI=1S/C20H29N5O3/c1-4-8-25-17-16(18(26)23-20(25)28)14(10-15(22-17)12(2)3)19(27)24-9-6-5-7-13(24)11-21/h10,12-13H,4-9,11,21H2,1-3H3,(H,23,26,28). The lowest BCUT2D eigenvalue weighted by molar-refractivity contribution is 0.0625. The molecule has 3 rings (SSSR count). The molecular formula is C20H29N5O3. The van der Waals surface area contributed by atoms with Crippen molar-refractivity contribution < 1.29 is 4.79 Å². The van der Waals surface area contributed by atoms with Crippen LogP contribution in [0.3, 0.4) is 0 Å². The van der Waals surface area contributed by atoms with E-state index in [2.05, 4.69) is 9.97 Å². The van der Waals surface area contributed by atoms with Gasteiger partial charge in [0.2, 0.25) is 0 Å². The molecule has 0 aliphatic carbocycles. The molecule has 152 valence electrons. The monoisotopic (exact) mass is 387 g/mol. The number of nitrogens with zero attached hydrogens (tertiary/aromatic N) is 3. The van der Waals surface area contributed by atoms with Crippen molar-refractivity contribution in [3.05, 3.63) is 38.2 Å². The Balaban J connectivity index is 2.29. The number of rotatable bonds is 5. The van der Waals surface area contributed by atoms with Crippen LogP contribution in [0.4, 0.5) is 0 Å². The van der Waals surface area contributed by atoms with Crippen LogP contribution < -0.4 is 17.0 Å². The van der Waals surface area contributed by atoms with Crippen LogP contribution in [-0.2, 0) is 6.54 Å². The van der Waals surface area contributed by atoms with Crippen molar-refractivity contribution in [2.75, 3.05) is 13.1 Å². The summed E-state index contributed by atoms with van der Waals surface area (Å²) in [5, 5.41) is 0.184. The second-order valence-electron chi connectivity index (χ2n) is 7.74. The van der Waals surface area contributed by atoms with Crippen molar-refractivity contribution in [1.29, 1.82) is 0 Å². The molecule has 1 fully saturated rings. The van der Waals surface area contributed by atoms with Crippen LogP contribution >= 0.6 is 0 Å². The Kier molecular flexibility index (Phi) is 5.98. The predicted octanol–water partition coefficient (Wildman–Crippen LogP) is 1.57. The molecule has 1 aliphatic heterocycles. The van der Waals surface area contributed by atoms with E-state index >= 15 is 0 Å². The van der Waals surface area contributed by atoms with Crippen LogP contribution in [-0.4, -0.2) is 44.5 Å². The van der Waals surface area contributed by atoms with Crippen LogP contribution in [0.1, 0.15) is 68.4 Å². The first kappa shape index (κ1) is 20.3. The number of aromatic nitrogens is 3. The smallest absolute Gasteiger partial charge is 0.329 e. The van der Waals surface area contributed by atoms with Gasteiger partial charge in [0.25, 0.3) is 11.5 Å². The van der Waals surface area contributed by atoms with E-state index in [1.807, 2.05) is 20.8 Å². The minimum Gasteiger partial charge on any atom is -0.334 e. The Morgan fingerprint density at radius 1 is 1.36 bits per heavy atom. The number of H-pyrrole nitrogens is 1. The molecule has 0 spiro atoms. The van der Waals surface area contributed by atoms with Crippen molar-refractivity contribution >= 4 is 16.9 Å². The van der Waals surface area contributed by atoms with E-state index in [1.165, 1.54) is 4.57 Å². The molecule has 1 unspecified atom stereocenters. The van der Waals surface area contributed by atoms with Gasteiger partial charge in [-0.15, -0.1) is 0 Å². The number of fused-ring (bicyclic) bond motifs is 1.